The molecule has 2 heteroatoms. The minimum atomic E-state index is -0.682. The first-order valence-corrected chi connectivity index (χ1v) is 7.59. The van der Waals surface area contributed by atoms with Crippen LogP contribution in [0.3, 0.4) is 0 Å². The zero-order chi connectivity index (χ0) is 15.4. The van der Waals surface area contributed by atoms with Crippen molar-refractivity contribution in [2.24, 2.45) is 0 Å². The summed E-state index contributed by atoms with van der Waals surface area (Å²) in [7, 11) is 0. The highest BCUT2D eigenvalue weighted by atomic mass is 16.7. The molecule has 0 aliphatic carbocycles. The van der Waals surface area contributed by atoms with Crippen molar-refractivity contribution >= 4 is 5.57 Å². The Morgan fingerprint density at radius 2 is 1.50 bits per heavy atom. The van der Waals surface area contributed by atoms with Crippen molar-refractivity contribution in [1.82, 2.24) is 0 Å². The van der Waals surface area contributed by atoms with Crippen LogP contribution >= 0.6 is 0 Å². The minimum absolute atomic E-state index is 0.611. The van der Waals surface area contributed by atoms with E-state index in [2.05, 4.69) is 24.3 Å². The lowest BCUT2D eigenvalue weighted by molar-refractivity contribution is -0.152. The Labute approximate surface area is 131 Å². The van der Waals surface area contributed by atoms with Gasteiger partial charge in [-0.25, -0.2) is 0 Å². The Kier molecular flexibility index (Phi) is 4.12. The fraction of sp³-hybridized carbons (Fsp3) is 0.200. The van der Waals surface area contributed by atoms with Crippen molar-refractivity contribution in [2.45, 2.75) is 19.6 Å². The van der Waals surface area contributed by atoms with Gasteiger partial charge in [0.15, 0.2) is 0 Å². The monoisotopic (exact) mass is 292 g/mol. The molecule has 0 radical (unpaired) electrons. The van der Waals surface area contributed by atoms with Crippen molar-refractivity contribution in [3.8, 4) is 0 Å². The molecule has 0 N–H and O–H groups in total. The highest BCUT2D eigenvalue weighted by Crippen LogP contribution is 2.35. The summed E-state index contributed by atoms with van der Waals surface area (Å²) in [5.74, 6) is 0.159. The third kappa shape index (κ3) is 2.97. The number of hydrogen-bond donors (Lipinski definition) is 0. The number of ether oxygens (including phenoxy) is 2. The zero-order valence-electron chi connectivity index (χ0n) is 13.0. The molecule has 1 heterocycles. The fourth-order valence-electron chi connectivity index (χ4n) is 2.67. The summed E-state index contributed by atoms with van der Waals surface area (Å²) in [4.78, 5) is 0. The largest absolute Gasteiger partial charge is 0.458 e. The summed E-state index contributed by atoms with van der Waals surface area (Å²) in [6.45, 7) is 4.52. The van der Waals surface area contributed by atoms with Gasteiger partial charge in [-0.15, -0.1) is 0 Å². The molecular weight excluding hydrogens is 272 g/mol. The topological polar surface area (TPSA) is 18.5 Å². The molecule has 3 rings (SSSR count). The van der Waals surface area contributed by atoms with Gasteiger partial charge in [0.1, 0.15) is 5.76 Å². The van der Waals surface area contributed by atoms with Crippen LogP contribution in [0.15, 0.2) is 78.6 Å². The van der Waals surface area contributed by atoms with Crippen molar-refractivity contribution in [3.05, 3.63) is 89.7 Å². The molecule has 1 atom stereocenters. The molecule has 0 bridgehead atoms. The minimum Gasteiger partial charge on any atom is -0.458 e. The standard InChI is InChI=1S/C20H20O2/c1-3-21-20(2)15-14-18(22-20)19(16-10-6-4-7-11-16)17-12-8-5-9-13-17/h4-15H,3H2,1-2H3. The van der Waals surface area contributed by atoms with Crippen molar-refractivity contribution in [3.63, 3.8) is 0 Å². The summed E-state index contributed by atoms with van der Waals surface area (Å²) in [6, 6.07) is 20.6. The Balaban J connectivity index is 2.08. The number of hydrogen-bond acceptors (Lipinski definition) is 2. The van der Waals surface area contributed by atoms with Crippen LogP contribution in [0, 0.1) is 0 Å². The van der Waals surface area contributed by atoms with E-state index in [1.807, 2.05) is 62.4 Å². The molecule has 0 fully saturated rings. The van der Waals surface area contributed by atoms with Gasteiger partial charge in [0, 0.05) is 19.1 Å². The molecule has 0 saturated carbocycles. The summed E-state index contributed by atoms with van der Waals surface area (Å²) in [6.07, 6.45) is 3.97. The number of allylic oxidation sites excluding steroid dienone is 1. The molecule has 0 spiro atoms. The van der Waals surface area contributed by atoms with Gasteiger partial charge in [-0.2, -0.15) is 0 Å². The van der Waals surface area contributed by atoms with Crippen molar-refractivity contribution in [1.29, 1.82) is 0 Å². The zero-order valence-corrected chi connectivity index (χ0v) is 13.0. The van der Waals surface area contributed by atoms with Gasteiger partial charge >= 0.3 is 0 Å². The van der Waals surface area contributed by atoms with Crippen LogP contribution in [-0.4, -0.2) is 12.4 Å². The number of rotatable bonds is 4. The van der Waals surface area contributed by atoms with Crippen LogP contribution in [0.5, 0.6) is 0 Å². The van der Waals surface area contributed by atoms with Gasteiger partial charge in [0.05, 0.1) is 0 Å². The van der Waals surface area contributed by atoms with Crippen LogP contribution in [0.1, 0.15) is 25.0 Å². The summed E-state index contributed by atoms with van der Waals surface area (Å²) in [5.41, 5.74) is 3.35. The van der Waals surface area contributed by atoms with E-state index in [1.54, 1.807) is 0 Å². The van der Waals surface area contributed by atoms with Gasteiger partial charge in [-0.1, -0.05) is 60.7 Å². The first-order chi connectivity index (χ1) is 10.7. The van der Waals surface area contributed by atoms with Gasteiger partial charge in [0.2, 0.25) is 5.79 Å². The average Bonchev–Trinajstić information content (AvgIpc) is 2.92. The third-order valence-corrected chi connectivity index (χ3v) is 3.65. The lowest BCUT2D eigenvalue weighted by Gasteiger charge is -2.24. The first-order valence-electron chi connectivity index (χ1n) is 7.59. The van der Waals surface area contributed by atoms with E-state index in [1.165, 1.54) is 0 Å². The molecule has 1 aliphatic rings. The van der Waals surface area contributed by atoms with E-state index >= 15 is 0 Å². The van der Waals surface area contributed by atoms with Gasteiger partial charge in [-0.05, 0) is 30.2 Å². The lowest BCUT2D eigenvalue weighted by Crippen LogP contribution is -2.26. The van der Waals surface area contributed by atoms with E-state index in [4.69, 9.17) is 9.47 Å². The molecular formula is C20H20O2. The van der Waals surface area contributed by atoms with Crippen LogP contribution in [0.4, 0.5) is 0 Å². The highest BCUT2D eigenvalue weighted by molar-refractivity contribution is 5.82. The van der Waals surface area contributed by atoms with Crippen molar-refractivity contribution < 1.29 is 9.47 Å². The average molecular weight is 292 g/mol. The van der Waals surface area contributed by atoms with Crippen LogP contribution in [-0.2, 0) is 9.47 Å². The molecule has 2 aromatic carbocycles. The van der Waals surface area contributed by atoms with E-state index in [9.17, 15) is 0 Å². The van der Waals surface area contributed by atoms with E-state index < -0.39 is 5.79 Å². The first kappa shape index (κ1) is 14.6. The van der Waals surface area contributed by atoms with Gasteiger partial charge in [0.25, 0.3) is 0 Å². The molecule has 1 aliphatic heterocycles. The third-order valence-electron chi connectivity index (χ3n) is 3.65. The Hall–Kier alpha value is -2.32. The second kappa shape index (κ2) is 6.20. The van der Waals surface area contributed by atoms with E-state index in [0.717, 1.165) is 22.5 Å². The second-order valence-electron chi connectivity index (χ2n) is 5.36. The predicted molar refractivity (Wildman–Crippen MR) is 89.2 cm³/mol. The van der Waals surface area contributed by atoms with Gasteiger partial charge in [-0.3, -0.25) is 0 Å². The molecule has 0 amide bonds. The van der Waals surface area contributed by atoms with Crippen LogP contribution < -0.4 is 0 Å². The quantitative estimate of drug-likeness (QED) is 0.807. The summed E-state index contributed by atoms with van der Waals surface area (Å²) < 4.78 is 11.8. The molecule has 112 valence electrons. The fourth-order valence-corrected chi connectivity index (χ4v) is 2.67. The molecule has 1 unspecified atom stereocenters. The number of benzene rings is 2. The Morgan fingerprint density at radius 3 is 2.00 bits per heavy atom. The smallest absolute Gasteiger partial charge is 0.227 e. The summed E-state index contributed by atoms with van der Waals surface area (Å²) >= 11 is 0. The highest BCUT2D eigenvalue weighted by Gasteiger charge is 2.30. The van der Waals surface area contributed by atoms with Gasteiger partial charge < -0.3 is 9.47 Å². The normalized spacial score (nSPS) is 20.0. The van der Waals surface area contributed by atoms with E-state index in [0.29, 0.717) is 6.61 Å². The maximum Gasteiger partial charge on any atom is 0.227 e. The summed E-state index contributed by atoms with van der Waals surface area (Å²) in [5, 5.41) is 0. The van der Waals surface area contributed by atoms with Crippen LogP contribution in [0.2, 0.25) is 0 Å². The molecule has 0 aromatic heterocycles. The predicted octanol–water partition coefficient (Wildman–Crippen LogP) is 4.79. The Morgan fingerprint density at radius 1 is 0.955 bits per heavy atom. The second-order valence-corrected chi connectivity index (χ2v) is 5.36. The molecule has 2 nitrogen and oxygen atoms in total. The Bertz CT molecular complexity index is 645. The molecule has 22 heavy (non-hydrogen) atoms. The maximum atomic E-state index is 6.11. The van der Waals surface area contributed by atoms with Crippen LogP contribution in [0.25, 0.3) is 5.57 Å². The lowest BCUT2D eigenvalue weighted by atomic mass is 9.97. The maximum absolute atomic E-state index is 6.11. The van der Waals surface area contributed by atoms with E-state index in [-0.39, 0.29) is 0 Å². The molecule has 0 saturated heterocycles. The SMILES string of the molecule is CCOC1(C)C=CC(=C(c2ccccc2)c2ccccc2)O1. The van der Waals surface area contributed by atoms with Crippen molar-refractivity contribution in [2.75, 3.05) is 6.61 Å². The molecule has 2 aromatic rings.